The Bertz CT molecular complexity index is 1150. The summed E-state index contributed by atoms with van der Waals surface area (Å²) in [6.45, 7) is 4.74. The fourth-order valence-corrected chi connectivity index (χ4v) is 3.78. The number of carboxylic acid groups (broad SMARTS) is 1. The van der Waals surface area contributed by atoms with Crippen LogP contribution in [-0.2, 0) is 4.79 Å². The third-order valence-electron chi connectivity index (χ3n) is 5.46. The summed E-state index contributed by atoms with van der Waals surface area (Å²) in [6.07, 6.45) is 3.00. The quantitative estimate of drug-likeness (QED) is 0.500. The molecule has 1 aliphatic heterocycles. The van der Waals surface area contributed by atoms with Crippen LogP contribution in [0.15, 0.2) is 79.4 Å². The van der Waals surface area contributed by atoms with E-state index in [4.69, 9.17) is 9.47 Å². The van der Waals surface area contributed by atoms with Crippen molar-refractivity contribution in [3.8, 4) is 23.1 Å². The molecule has 4 rings (SSSR count). The van der Waals surface area contributed by atoms with Crippen LogP contribution in [0, 0.1) is 0 Å². The van der Waals surface area contributed by atoms with Crippen LogP contribution in [0.2, 0.25) is 0 Å². The van der Waals surface area contributed by atoms with E-state index in [1.165, 1.54) is 12.1 Å². The molecule has 0 radical (unpaired) electrons. The average Bonchev–Trinajstić information content (AvgIpc) is 2.85. The van der Waals surface area contributed by atoms with Gasteiger partial charge in [-0.05, 0) is 67.4 Å². The molecule has 1 amide bonds. The van der Waals surface area contributed by atoms with Crippen LogP contribution in [0.25, 0.3) is 0 Å². The molecule has 1 unspecified atom stereocenters. The van der Waals surface area contributed by atoms with Gasteiger partial charge in [0.25, 0.3) is 0 Å². The number of aromatic carboxylic acids is 1. The number of hydrogen-bond acceptors (Lipinski definition) is 5. The van der Waals surface area contributed by atoms with E-state index >= 15 is 0 Å². The number of benzene rings is 2. The van der Waals surface area contributed by atoms with Crippen LogP contribution in [0.4, 0.5) is 0 Å². The molecule has 3 aromatic rings. The Morgan fingerprint density at radius 3 is 2.30 bits per heavy atom. The monoisotopic (exact) mass is 444 g/mol. The van der Waals surface area contributed by atoms with E-state index in [9.17, 15) is 14.7 Å². The van der Waals surface area contributed by atoms with Crippen LogP contribution in [0.1, 0.15) is 34.8 Å². The normalized spacial score (nSPS) is 15.5. The predicted octanol–water partition coefficient (Wildman–Crippen LogP) is 5.26. The molecule has 1 N–H and O–H groups in total. The van der Waals surface area contributed by atoms with E-state index in [0.717, 1.165) is 12.8 Å². The maximum Gasteiger partial charge on any atom is 0.341 e. The number of piperidine rings is 1. The van der Waals surface area contributed by atoms with Gasteiger partial charge in [0.05, 0.1) is 0 Å². The second kappa shape index (κ2) is 9.99. The summed E-state index contributed by atoms with van der Waals surface area (Å²) >= 11 is 0. The molecule has 1 aliphatic rings. The molecule has 33 heavy (non-hydrogen) atoms. The third kappa shape index (κ3) is 5.38. The first-order chi connectivity index (χ1) is 16.0. The highest BCUT2D eigenvalue weighted by molar-refractivity contribution is 5.90. The summed E-state index contributed by atoms with van der Waals surface area (Å²) in [5, 5.41) is 9.60. The largest absolute Gasteiger partial charge is 0.477 e. The smallest absolute Gasteiger partial charge is 0.341 e. The molecule has 0 saturated carbocycles. The van der Waals surface area contributed by atoms with Crippen molar-refractivity contribution in [1.29, 1.82) is 0 Å². The van der Waals surface area contributed by atoms with Crippen LogP contribution in [-0.4, -0.2) is 40.0 Å². The van der Waals surface area contributed by atoms with Gasteiger partial charge in [-0.15, -0.1) is 0 Å². The van der Waals surface area contributed by atoms with Gasteiger partial charge in [0.1, 0.15) is 22.8 Å². The van der Waals surface area contributed by atoms with Gasteiger partial charge < -0.3 is 19.5 Å². The lowest BCUT2D eigenvalue weighted by Crippen LogP contribution is -2.38. The lowest BCUT2D eigenvalue weighted by molar-refractivity contribution is -0.127. The van der Waals surface area contributed by atoms with E-state index in [-0.39, 0.29) is 23.3 Å². The maximum absolute atomic E-state index is 12.0. The van der Waals surface area contributed by atoms with E-state index in [1.54, 1.807) is 35.2 Å². The minimum atomic E-state index is -1.12. The molecule has 2 heterocycles. The number of pyridine rings is 1. The number of aromatic nitrogens is 1. The Morgan fingerprint density at radius 1 is 0.970 bits per heavy atom. The molecule has 2 aromatic carbocycles. The molecule has 0 bridgehead atoms. The Morgan fingerprint density at radius 2 is 1.64 bits per heavy atom. The fraction of sp³-hybridized carbons (Fsp3) is 0.192. The molecule has 168 valence electrons. The lowest BCUT2D eigenvalue weighted by Gasteiger charge is -2.32. The molecular formula is C26H24N2O5. The molecular weight excluding hydrogens is 420 g/mol. The van der Waals surface area contributed by atoms with Crippen LogP contribution < -0.4 is 9.47 Å². The topological polar surface area (TPSA) is 89.0 Å². The molecule has 1 fully saturated rings. The first kappa shape index (κ1) is 22.1. The number of para-hydroxylation sites is 1. The van der Waals surface area contributed by atoms with Crippen molar-refractivity contribution < 1.29 is 24.2 Å². The van der Waals surface area contributed by atoms with Gasteiger partial charge in [-0.25, -0.2) is 9.78 Å². The van der Waals surface area contributed by atoms with Crippen molar-refractivity contribution in [3.63, 3.8) is 0 Å². The van der Waals surface area contributed by atoms with Crippen molar-refractivity contribution in [1.82, 2.24) is 9.88 Å². The number of carbonyl (C=O) groups is 2. The minimum Gasteiger partial charge on any atom is -0.477 e. The van der Waals surface area contributed by atoms with Gasteiger partial charge in [0.15, 0.2) is 0 Å². The number of ether oxygens (including phenoxy) is 2. The average molecular weight is 444 g/mol. The van der Waals surface area contributed by atoms with Crippen molar-refractivity contribution >= 4 is 11.9 Å². The third-order valence-corrected chi connectivity index (χ3v) is 5.46. The van der Waals surface area contributed by atoms with Gasteiger partial charge in [-0.2, -0.15) is 0 Å². The molecule has 0 aliphatic carbocycles. The van der Waals surface area contributed by atoms with Crippen LogP contribution in [0.5, 0.6) is 23.1 Å². The fourth-order valence-electron chi connectivity index (χ4n) is 3.78. The zero-order valence-corrected chi connectivity index (χ0v) is 18.0. The zero-order chi connectivity index (χ0) is 23.2. The molecule has 1 saturated heterocycles. The first-order valence-electron chi connectivity index (χ1n) is 10.7. The van der Waals surface area contributed by atoms with Gasteiger partial charge >= 0.3 is 5.97 Å². The SMILES string of the molecule is C=CC(=O)N1CCCC(c2ccc(C(=O)O)c(Oc3ccc(Oc4ccccc4)cc3)n2)C1. The number of carboxylic acids is 1. The molecule has 7 heteroatoms. The highest BCUT2D eigenvalue weighted by Gasteiger charge is 2.26. The predicted molar refractivity (Wildman–Crippen MR) is 123 cm³/mol. The highest BCUT2D eigenvalue weighted by Crippen LogP contribution is 2.31. The maximum atomic E-state index is 12.0. The van der Waals surface area contributed by atoms with E-state index in [1.807, 2.05) is 30.3 Å². The standard InChI is InChI=1S/C26H24N2O5/c1-2-24(29)28-16-6-7-18(17-28)23-15-14-22(26(30)31)25(27-23)33-21-12-10-20(11-13-21)32-19-8-4-3-5-9-19/h2-5,8-15,18H,1,6-7,16-17H2,(H,30,31). The molecule has 1 aromatic heterocycles. The Balaban J connectivity index is 1.53. The molecule has 0 spiro atoms. The molecule has 1 atom stereocenters. The number of nitrogens with zero attached hydrogens (tertiary/aromatic N) is 2. The Labute approximate surface area is 191 Å². The number of hydrogen-bond donors (Lipinski definition) is 1. The first-order valence-corrected chi connectivity index (χ1v) is 10.7. The summed E-state index contributed by atoms with van der Waals surface area (Å²) in [7, 11) is 0. The van der Waals surface area contributed by atoms with Crippen molar-refractivity contribution in [3.05, 3.63) is 90.6 Å². The zero-order valence-electron chi connectivity index (χ0n) is 18.0. The number of carbonyl (C=O) groups excluding carboxylic acids is 1. The van der Waals surface area contributed by atoms with Gasteiger partial charge in [0, 0.05) is 24.7 Å². The summed E-state index contributed by atoms with van der Waals surface area (Å²) < 4.78 is 11.6. The lowest BCUT2D eigenvalue weighted by atomic mass is 9.94. The summed E-state index contributed by atoms with van der Waals surface area (Å²) in [4.78, 5) is 30.0. The molecule has 7 nitrogen and oxygen atoms in total. The number of likely N-dealkylation sites (tertiary alicyclic amines) is 1. The highest BCUT2D eigenvalue weighted by atomic mass is 16.5. The van der Waals surface area contributed by atoms with Gasteiger partial charge in [-0.3, -0.25) is 4.79 Å². The summed E-state index contributed by atoms with van der Waals surface area (Å²) in [5.41, 5.74) is 0.666. The summed E-state index contributed by atoms with van der Waals surface area (Å²) in [6, 6.07) is 19.5. The Kier molecular flexibility index (Phi) is 6.69. The van der Waals surface area contributed by atoms with Crippen molar-refractivity contribution in [2.75, 3.05) is 13.1 Å². The van der Waals surface area contributed by atoms with E-state index in [2.05, 4.69) is 11.6 Å². The van der Waals surface area contributed by atoms with Crippen molar-refractivity contribution in [2.45, 2.75) is 18.8 Å². The second-order valence-corrected chi connectivity index (χ2v) is 7.71. The number of rotatable bonds is 7. The minimum absolute atomic E-state index is 0.00510. The van der Waals surface area contributed by atoms with E-state index in [0.29, 0.717) is 36.0 Å². The number of amides is 1. The Hall–Kier alpha value is -4.13. The van der Waals surface area contributed by atoms with Crippen LogP contribution in [0.3, 0.4) is 0 Å². The second-order valence-electron chi connectivity index (χ2n) is 7.71. The van der Waals surface area contributed by atoms with E-state index < -0.39 is 5.97 Å². The van der Waals surface area contributed by atoms with Crippen molar-refractivity contribution in [2.24, 2.45) is 0 Å². The van der Waals surface area contributed by atoms with Gasteiger partial charge in [0.2, 0.25) is 11.8 Å². The summed E-state index contributed by atoms with van der Waals surface area (Å²) in [5.74, 6) is 0.553. The van der Waals surface area contributed by atoms with Crippen LogP contribution >= 0.6 is 0 Å². The van der Waals surface area contributed by atoms with Gasteiger partial charge in [-0.1, -0.05) is 24.8 Å².